The minimum atomic E-state index is 0.784. The van der Waals surface area contributed by atoms with E-state index in [0.717, 1.165) is 5.92 Å². The Balaban J connectivity index is 2.19. The molecule has 0 aliphatic rings. The normalized spacial score (nSPS) is 11.4. The van der Waals surface area contributed by atoms with Gasteiger partial charge >= 0.3 is 0 Å². The molecule has 0 saturated heterocycles. The lowest BCUT2D eigenvalue weighted by Crippen LogP contribution is -1.92. The van der Waals surface area contributed by atoms with Gasteiger partial charge in [0.25, 0.3) is 0 Å². The molecule has 2 aromatic rings. The van der Waals surface area contributed by atoms with E-state index in [0.29, 0.717) is 0 Å². The molecule has 2 rings (SSSR count). The number of unbranched alkanes of at least 4 members (excludes halogenated alkanes) is 1. The van der Waals surface area contributed by atoms with Crippen LogP contribution in [0.25, 0.3) is 10.8 Å². The SMILES string of the molecule is CCCCc1ccc2ccc(CCC(C)C)cc2c1. The number of benzene rings is 2. The number of aryl methyl sites for hydroxylation is 2. The van der Waals surface area contributed by atoms with Crippen LogP contribution >= 0.6 is 0 Å². The van der Waals surface area contributed by atoms with Crippen molar-refractivity contribution in [2.45, 2.75) is 52.9 Å². The second kappa shape index (κ2) is 6.75. The lowest BCUT2D eigenvalue weighted by Gasteiger charge is -2.08. The Bertz CT molecular complexity index is 523. The van der Waals surface area contributed by atoms with E-state index in [1.165, 1.54) is 54.0 Å². The molecule has 0 aliphatic carbocycles. The number of fused-ring (bicyclic) bond motifs is 1. The third-order valence-corrected chi connectivity index (χ3v) is 3.80. The summed E-state index contributed by atoms with van der Waals surface area (Å²) in [4.78, 5) is 0. The van der Waals surface area contributed by atoms with Crippen LogP contribution in [0.1, 0.15) is 51.2 Å². The fourth-order valence-electron chi connectivity index (χ4n) is 2.49. The summed E-state index contributed by atoms with van der Waals surface area (Å²) in [6.07, 6.45) is 6.25. The molecule has 0 radical (unpaired) electrons. The van der Waals surface area contributed by atoms with Crippen LogP contribution in [0.5, 0.6) is 0 Å². The van der Waals surface area contributed by atoms with Crippen molar-refractivity contribution in [3.63, 3.8) is 0 Å². The van der Waals surface area contributed by atoms with Crippen molar-refractivity contribution in [1.29, 1.82) is 0 Å². The summed E-state index contributed by atoms with van der Waals surface area (Å²) >= 11 is 0. The highest BCUT2D eigenvalue weighted by molar-refractivity contribution is 5.83. The number of hydrogen-bond acceptors (Lipinski definition) is 0. The predicted molar refractivity (Wildman–Crippen MR) is 85.7 cm³/mol. The Labute approximate surface area is 117 Å². The molecule has 0 nitrogen and oxygen atoms in total. The van der Waals surface area contributed by atoms with Crippen LogP contribution in [0.15, 0.2) is 36.4 Å². The Morgan fingerprint density at radius 2 is 1.47 bits per heavy atom. The van der Waals surface area contributed by atoms with Gasteiger partial charge in [0.1, 0.15) is 0 Å². The lowest BCUT2D eigenvalue weighted by molar-refractivity contribution is 0.587. The lowest BCUT2D eigenvalue weighted by atomic mass is 9.98. The van der Waals surface area contributed by atoms with Gasteiger partial charge in [0.2, 0.25) is 0 Å². The fraction of sp³-hybridized carbons (Fsp3) is 0.474. The van der Waals surface area contributed by atoms with E-state index in [9.17, 15) is 0 Å². The first-order valence-corrected chi connectivity index (χ1v) is 7.70. The quantitative estimate of drug-likeness (QED) is 0.613. The van der Waals surface area contributed by atoms with Gasteiger partial charge in [0.15, 0.2) is 0 Å². The van der Waals surface area contributed by atoms with Gasteiger partial charge in [-0.2, -0.15) is 0 Å². The second-order valence-corrected chi connectivity index (χ2v) is 6.05. The minimum Gasteiger partial charge on any atom is -0.0654 e. The van der Waals surface area contributed by atoms with Crippen molar-refractivity contribution in [3.8, 4) is 0 Å². The first-order valence-electron chi connectivity index (χ1n) is 7.70. The topological polar surface area (TPSA) is 0 Å². The Morgan fingerprint density at radius 1 is 0.842 bits per heavy atom. The largest absolute Gasteiger partial charge is 0.0654 e. The van der Waals surface area contributed by atoms with Gasteiger partial charge in [-0.05, 0) is 53.5 Å². The number of rotatable bonds is 6. The molecule has 0 amide bonds. The minimum absolute atomic E-state index is 0.784. The van der Waals surface area contributed by atoms with Crippen molar-refractivity contribution in [1.82, 2.24) is 0 Å². The second-order valence-electron chi connectivity index (χ2n) is 6.05. The van der Waals surface area contributed by atoms with Crippen molar-refractivity contribution in [2.24, 2.45) is 5.92 Å². The van der Waals surface area contributed by atoms with Gasteiger partial charge in [0.05, 0.1) is 0 Å². The van der Waals surface area contributed by atoms with Crippen LogP contribution in [0.2, 0.25) is 0 Å². The van der Waals surface area contributed by atoms with E-state index in [1.807, 2.05) is 0 Å². The fourth-order valence-corrected chi connectivity index (χ4v) is 2.49. The summed E-state index contributed by atoms with van der Waals surface area (Å²) in [6.45, 7) is 6.85. The summed E-state index contributed by atoms with van der Waals surface area (Å²) in [5.74, 6) is 0.784. The van der Waals surface area contributed by atoms with Crippen LogP contribution in [0.4, 0.5) is 0 Å². The molecule has 0 heterocycles. The molecule has 0 saturated carbocycles. The molecule has 0 aromatic heterocycles. The zero-order valence-electron chi connectivity index (χ0n) is 12.6. The maximum atomic E-state index is 2.38. The van der Waals surface area contributed by atoms with Crippen molar-refractivity contribution in [3.05, 3.63) is 47.5 Å². The standard InChI is InChI=1S/C19H26/c1-4-5-6-16-9-11-18-12-10-17(8-7-15(2)3)14-19(18)13-16/h9-15H,4-8H2,1-3H3. The molecule has 2 aromatic carbocycles. The molecule has 0 fully saturated rings. The Morgan fingerprint density at radius 3 is 2.05 bits per heavy atom. The monoisotopic (exact) mass is 254 g/mol. The molecular formula is C19H26. The van der Waals surface area contributed by atoms with Crippen molar-refractivity contribution < 1.29 is 0 Å². The molecule has 0 N–H and O–H groups in total. The zero-order chi connectivity index (χ0) is 13.7. The van der Waals surface area contributed by atoms with Crippen LogP contribution < -0.4 is 0 Å². The number of hydrogen-bond donors (Lipinski definition) is 0. The molecule has 0 aliphatic heterocycles. The highest BCUT2D eigenvalue weighted by atomic mass is 14.1. The maximum Gasteiger partial charge on any atom is -0.0179 e. The summed E-state index contributed by atoms with van der Waals surface area (Å²) < 4.78 is 0. The summed E-state index contributed by atoms with van der Waals surface area (Å²) in [5, 5.41) is 2.78. The first-order chi connectivity index (χ1) is 9.19. The highest BCUT2D eigenvalue weighted by Gasteiger charge is 2.01. The molecule has 0 spiro atoms. The predicted octanol–water partition coefficient (Wildman–Crippen LogP) is 5.77. The van der Waals surface area contributed by atoms with Gasteiger partial charge in [0, 0.05) is 0 Å². The summed E-state index contributed by atoms with van der Waals surface area (Å²) in [5.41, 5.74) is 2.96. The van der Waals surface area contributed by atoms with Crippen molar-refractivity contribution >= 4 is 10.8 Å². The molecule has 102 valence electrons. The van der Waals surface area contributed by atoms with Crippen LogP contribution in [0.3, 0.4) is 0 Å². The summed E-state index contributed by atoms with van der Waals surface area (Å²) in [6, 6.07) is 13.9. The van der Waals surface area contributed by atoms with E-state index in [-0.39, 0.29) is 0 Å². The zero-order valence-corrected chi connectivity index (χ0v) is 12.6. The third-order valence-electron chi connectivity index (χ3n) is 3.80. The average Bonchev–Trinajstić information content (AvgIpc) is 2.42. The van der Waals surface area contributed by atoms with Crippen molar-refractivity contribution in [2.75, 3.05) is 0 Å². The van der Waals surface area contributed by atoms with E-state index >= 15 is 0 Å². The Hall–Kier alpha value is -1.30. The van der Waals surface area contributed by atoms with Gasteiger partial charge < -0.3 is 0 Å². The van der Waals surface area contributed by atoms with E-state index in [4.69, 9.17) is 0 Å². The molecule has 19 heavy (non-hydrogen) atoms. The van der Waals surface area contributed by atoms with E-state index in [1.54, 1.807) is 0 Å². The molecule has 0 atom stereocenters. The average molecular weight is 254 g/mol. The smallest absolute Gasteiger partial charge is 0.0179 e. The van der Waals surface area contributed by atoms with Gasteiger partial charge in [-0.1, -0.05) is 63.6 Å². The molecular weight excluding hydrogens is 228 g/mol. The van der Waals surface area contributed by atoms with E-state index in [2.05, 4.69) is 57.2 Å². The highest BCUT2D eigenvalue weighted by Crippen LogP contribution is 2.20. The van der Waals surface area contributed by atoms with Gasteiger partial charge in [-0.3, -0.25) is 0 Å². The van der Waals surface area contributed by atoms with Crippen LogP contribution in [0, 0.1) is 5.92 Å². The Kier molecular flexibility index (Phi) is 5.01. The van der Waals surface area contributed by atoms with Crippen LogP contribution in [-0.2, 0) is 12.8 Å². The summed E-state index contributed by atoms with van der Waals surface area (Å²) in [7, 11) is 0. The van der Waals surface area contributed by atoms with Gasteiger partial charge in [-0.15, -0.1) is 0 Å². The molecule has 0 bridgehead atoms. The van der Waals surface area contributed by atoms with Crippen LogP contribution in [-0.4, -0.2) is 0 Å². The first kappa shape index (κ1) is 14.1. The molecule has 0 heteroatoms. The third kappa shape index (κ3) is 4.09. The molecule has 0 unspecified atom stereocenters. The van der Waals surface area contributed by atoms with E-state index < -0.39 is 0 Å². The van der Waals surface area contributed by atoms with Gasteiger partial charge in [-0.25, -0.2) is 0 Å². The maximum absolute atomic E-state index is 2.38.